The van der Waals surface area contributed by atoms with Gasteiger partial charge < -0.3 is 4.52 Å². The molecule has 1 heterocycles. The van der Waals surface area contributed by atoms with E-state index in [0.717, 1.165) is 0 Å². The van der Waals surface area contributed by atoms with Gasteiger partial charge in [-0.15, -0.1) is 0 Å². The summed E-state index contributed by atoms with van der Waals surface area (Å²) in [7, 11) is 0. The Hall–Kier alpha value is -0.930. The van der Waals surface area contributed by atoms with Crippen LogP contribution in [0.2, 0.25) is 0 Å². The van der Waals surface area contributed by atoms with Crippen molar-refractivity contribution >= 4 is 0 Å². The molecule has 1 rings (SSSR count). The van der Waals surface area contributed by atoms with E-state index in [0.29, 0.717) is 0 Å². The second-order valence-electron chi connectivity index (χ2n) is 3.48. The smallest absolute Gasteiger partial charge is 0.280 e. The third-order valence-corrected chi connectivity index (χ3v) is 2.09. The fourth-order valence-electron chi connectivity index (χ4n) is 1.25. The van der Waals surface area contributed by atoms with Gasteiger partial charge in [0.05, 0.1) is 11.3 Å². The van der Waals surface area contributed by atoms with E-state index in [9.17, 15) is 8.78 Å². The fraction of sp³-hybridized carbons (Fsp3) is 0.667. The number of halogens is 2. The highest BCUT2D eigenvalue weighted by molar-refractivity contribution is 5.26. The highest BCUT2D eigenvalue weighted by atomic mass is 19.3. The molecule has 0 saturated carbocycles. The quantitative estimate of drug-likeness (QED) is 0.714. The standard InChI is InChI=1S/C9H13F2NO/c1-5(2)9(10,11)8-6(3)12-13-7(8)4/h5H,1-4H3. The van der Waals surface area contributed by atoms with Gasteiger partial charge in [-0.3, -0.25) is 0 Å². The first kappa shape index (κ1) is 10.2. The summed E-state index contributed by atoms with van der Waals surface area (Å²) < 4.78 is 31.8. The zero-order valence-corrected chi connectivity index (χ0v) is 8.19. The molecule has 0 aromatic carbocycles. The minimum absolute atomic E-state index is 0.0671. The van der Waals surface area contributed by atoms with Crippen molar-refractivity contribution in [3.05, 3.63) is 17.0 Å². The summed E-state index contributed by atoms with van der Waals surface area (Å²) in [6.07, 6.45) is 0. The molecular formula is C9H13F2NO. The zero-order valence-electron chi connectivity index (χ0n) is 8.19. The van der Waals surface area contributed by atoms with Crippen LogP contribution in [0.5, 0.6) is 0 Å². The van der Waals surface area contributed by atoms with Crippen LogP contribution >= 0.6 is 0 Å². The van der Waals surface area contributed by atoms with E-state index in [1.54, 1.807) is 0 Å². The highest BCUT2D eigenvalue weighted by Gasteiger charge is 2.40. The van der Waals surface area contributed by atoms with Crippen LogP contribution in [0.3, 0.4) is 0 Å². The minimum atomic E-state index is -2.85. The summed E-state index contributed by atoms with van der Waals surface area (Å²) in [5.74, 6) is -3.39. The number of aromatic nitrogens is 1. The Kier molecular flexibility index (Phi) is 2.41. The molecule has 2 nitrogen and oxygen atoms in total. The summed E-state index contributed by atoms with van der Waals surface area (Å²) >= 11 is 0. The third kappa shape index (κ3) is 1.57. The summed E-state index contributed by atoms with van der Waals surface area (Å²) in [6, 6.07) is 0. The number of hydrogen-bond acceptors (Lipinski definition) is 2. The Balaban J connectivity index is 3.20. The maximum atomic E-state index is 13.5. The van der Waals surface area contributed by atoms with Crippen molar-refractivity contribution in [2.75, 3.05) is 0 Å². The van der Waals surface area contributed by atoms with Gasteiger partial charge in [-0.2, -0.15) is 0 Å². The van der Waals surface area contributed by atoms with Gasteiger partial charge in [-0.25, -0.2) is 8.78 Å². The molecule has 4 heteroatoms. The van der Waals surface area contributed by atoms with Crippen molar-refractivity contribution in [3.8, 4) is 0 Å². The molecule has 0 aliphatic rings. The molecule has 0 aliphatic heterocycles. The average Bonchev–Trinajstić information content (AvgIpc) is 2.30. The molecule has 0 amide bonds. The molecule has 74 valence electrons. The van der Waals surface area contributed by atoms with E-state index in [1.807, 2.05) is 0 Å². The van der Waals surface area contributed by atoms with E-state index < -0.39 is 11.8 Å². The van der Waals surface area contributed by atoms with E-state index in [1.165, 1.54) is 27.7 Å². The van der Waals surface area contributed by atoms with Crippen LogP contribution in [0, 0.1) is 19.8 Å². The summed E-state index contributed by atoms with van der Waals surface area (Å²) in [4.78, 5) is 0. The number of alkyl halides is 2. The topological polar surface area (TPSA) is 26.0 Å². The average molecular weight is 189 g/mol. The van der Waals surface area contributed by atoms with Gasteiger partial charge in [0.25, 0.3) is 5.92 Å². The fourth-order valence-corrected chi connectivity index (χ4v) is 1.25. The van der Waals surface area contributed by atoms with Crippen molar-refractivity contribution in [3.63, 3.8) is 0 Å². The molecule has 0 spiro atoms. The first-order valence-corrected chi connectivity index (χ1v) is 4.18. The molecule has 0 aliphatic carbocycles. The maximum absolute atomic E-state index is 13.5. The van der Waals surface area contributed by atoms with Gasteiger partial charge in [0.1, 0.15) is 5.76 Å². The van der Waals surface area contributed by atoms with Crippen molar-refractivity contribution in [1.82, 2.24) is 5.16 Å². The van der Waals surface area contributed by atoms with Crippen LogP contribution in [-0.2, 0) is 5.92 Å². The normalized spacial score (nSPS) is 12.5. The van der Waals surface area contributed by atoms with Gasteiger partial charge in [-0.05, 0) is 13.8 Å². The highest BCUT2D eigenvalue weighted by Crippen LogP contribution is 2.38. The van der Waals surface area contributed by atoms with Crippen molar-refractivity contribution in [2.24, 2.45) is 5.92 Å². The Morgan fingerprint density at radius 2 is 1.85 bits per heavy atom. The zero-order chi connectivity index (χ0) is 10.2. The number of rotatable bonds is 2. The SMILES string of the molecule is Cc1noc(C)c1C(F)(F)C(C)C. The molecule has 13 heavy (non-hydrogen) atoms. The predicted octanol–water partition coefficient (Wildman–Crippen LogP) is 3.04. The largest absolute Gasteiger partial charge is 0.361 e. The number of nitrogens with zero attached hydrogens (tertiary/aromatic N) is 1. The van der Waals surface area contributed by atoms with Crippen LogP contribution in [0.25, 0.3) is 0 Å². The van der Waals surface area contributed by atoms with Crippen molar-refractivity contribution < 1.29 is 13.3 Å². The van der Waals surface area contributed by atoms with Crippen LogP contribution < -0.4 is 0 Å². The van der Waals surface area contributed by atoms with Crippen LogP contribution in [0.4, 0.5) is 8.78 Å². The van der Waals surface area contributed by atoms with Crippen LogP contribution in [-0.4, -0.2) is 5.16 Å². The molecule has 0 bridgehead atoms. The molecular weight excluding hydrogens is 176 g/mol. The summed E-state index contributed by atoms with van der Waals surface area (Å²) in [5.41, 5.74) is 0.207. The van der Waals surface area contributed by atoms with Gasteiger partial charge in [-0.1, -0.05) is 19.0 Å². The summed E-state index contributed by atoms with van der Waals surface area (Å²) in [5, 5.41) is 3.51. The second kappa shape index (κ2) is 3.09. The Morgan fingerprint density at radius 3 is 2.15 bits per heavy atom. The van der Waals surface area contributed by atoms with Crippen molar-refractivity contribution in [2.45, 2.75) is 33.6 Å². The van der Waals surface area contributed by atoms with Gasteiger partial charge in [0.15, 0.2) is 0 Å². The molecule has 0 N–H and O–H groups in total. The molecule has 1 aromatic heterocycles. The number of hydrogen-bond donors (Lipinski definition) is 0. The molecule has 0 unspecified atom stereocenters. The lowest BCUT2D eigenvalue weighted by Gasteiger charge is -2.19. The molecule has 0 atom stereocenters. The van der Waals surface area contributed by atoms with Crippen molar-refractivity contribution in [1.29, 1.82) is 0 Å². The van der Waals surface area contributed by atoms with Crippen LogP contribution in [0.15, 0.2) is 4.52 Å². The maximum Gasteiger partial charge on any atom is 0.280 e. The lowest BCUT2D eigenvalue weighted by atomic mass is 9.96. The monoisotopic (exact) mass is 189 g/mol. The minimum Gasteiger partial charge on any atom is -0.361 e. The molecule has 0 fully saturated rings. The molecule has 1 aromatic rings. The third-order valence-electron chi connectivity index (χ3n) is 2.09. The predicted molar refractivity (Wildman–Crippen MR) is 44.7 cm³/mol. The van der Waals surface area contributed by atoms with E-state index >= 15 is 0 Å². The molecule has 0 radical (unpaired) electrons. The second-order valence-corrected chi connectivity index (χ2v) is 3.48. The Bertz CT molecular complexity index is 285. The first-order valence-electron chi connectivity index (χ1n) is 4.18. The van der Waals surface area contributed by atoms with Gasteiger partial charge in [0, 0.05) is 5.92 Å². The molecule has 0 saturated heterocycles. The van der Waals surface area contributed by atoms with E-state index in [-0.39, 0.29) is 17.0 Å². The lowest BCUT2D eigenvalue weighted by molar-refractivity contribution is -0.0530. The van der Waals surface area contributed by atoms with E-state index in [2.05, 4.69) is 5.16 Å². The van der Waals surface area contributed by atoms with Gasteiger partial charge >= 0.3 is 0 Å². The lowest BCUT2D eigenvalue weighted by Crippen LogP contribution is -2.22. The van der Waals surface area contributed by atoms with E-state index in [4.69, 9.17) is 4.52 Å². The Labute approximate surface area is 75.9 Å². The summed E-state index contributed by atoms with van der Waals surface area (Å²) in [6.45, 7) is 5.99. The first-order chi connectivity index (χ1) is 5.87. The number of aryl methyl sites for hydroxylation is 2. The Morgan fingerprint density at radius 1 is 1.31 bits per heavy atom. The van der Waals surface area contributed by atoms with Crippen LogP contribution in [0.1, 0.15) is 30.9 Å². The van der Waals surface area contributed by atoms with Gasteiger partial charge in [0.2, 0.25) is 0 Å².